The third kappa shape index (κ3) is 3.71. The van der Waals surface area contributed by atoms with Gasteiger partial charge in [-0.15, -0.1) is 0 Å². The molecular formula is C11H19ClN4O. The quantitative estimate of drug-likeness (QED) is 0.835. The van der Waals surface area contributed by atoms with E-state index in [1.54, 1.807) is 6.20 Å². The summed E-state index contributed by atoms with van der Waals surface area (Å²) in [7, 11) is 0. The monoisotopic (exact) mass is 258 g/mol. The van der Waals surface area contributed by atoms with E-state index in [4.69, 9.17) is 17.3 Å². The van der Waals surface area contributed by atoms with Crippen molar-refractivity contribution in [3.8, 4) is 0 Å². The second-order valence-corrected chi connectivity index (χ2v) is 4.91. The Kier molecular flexibility index (Phi) is 4.96. The largest absolute Gasteiger partial charge is 0.379 e. The van der Waals surface area contributed by atoms with Gasteiger partial charge < -0.3 is 11.1 Å². The predicted molar refractivity (Wildman–Crippen MR) is 70.5 cm³/mol. The number of hydrogen-bond acceptors (Lipinski definition) is 4. The fourth-order valence-corrected chi connectivity index (χ4v) is 1.57. The van der Waals surface area contributed by atoms with Gasteiger partial charge in [-0.05, 0) is 12.8 Å². The van der Waals surface area contributed by atoms with Crippen molar-refractivity contribution < 1.29 is 0 Å². The van der Waals surface area contributed by atoms with Crippen LogP contribution in [0.1, 0.15) is 20.8 Å². The minimum atomic E-state index is -0.269. The van der Waals surface area contributed by atoms with Crippen molar-refractivity contribution in [2.75, 3.05) is 11.9 Å². The van der Waals surface area contributed by atoms with Crippen molar-refractivity contribution in [3.05, 3.63) is 21.6 Å². The molecule has 0 bridgehead atoms. The molecule has 1 heterocycles. The van der Waals surface area contributed by atoms with Crippen LogP contribution in [0.25, 0.3) is 0 Å². The SMILES string of the molecule is CC(C)Cn1ncc(NC(C)CN)c(Cl)c1=O. The summed E-state index contributed by atoms with van der Waals surface area (Å²) in [5.41, 5.74) is 5.76. The van der Waals surface area contributed by atoms with Crippen LogP contribution in [-0.4, -0.2) is 22.4 Å². The maximum atomic E-state index is 11.9. The highest BCUT2D eigenvalue weighted by Crippen LogP contribution is 2.16. The minimum absolute atomic E-state index is 0.0506. The van der Waals surface area contributed by atoms with Gasteiger partial charge in [0.1, 0.15) is 5.02 Å². The van der Waals surface area contributed by atoms with Crippen molar-refractivity contribution in [2.45, 2.75) is 33.4 Å². The third-order valence-corrected chi connectivity index (χ3v) is 2.64. The zero-order valence-electron chi connectivity index (χ0n) is 10.4. The van der Waals surface area contributed by atoms with Gasteiger partial charge in [0.15, 0.2) is 0 Å². The summed E-state index contributed by atoms with van der Waals surface area (Å²) < 4.78 is 1.38. The number of rotatable bonds is 5. The van der Waals surface area contributed by atoms with Gasteiger partial charge in [0.25, 0.3) is 5.56 Å². The van der Waals surface area contributed by atoms with E-state index in [-0.39, 0.29) is 16.6 Å². The molecule has 5 nitrogen and oxygen atoms in total. The average molecular weight is 259 g/mol. The van der Waals surface area contributed by atoms with E-state index >= 15 is 0 Å². The molecule has 0 amide bonds. The molecule has 1 aromatic rings. The lowest BCUT2D eigenvalue weighted by Gasteiger charge is -2.15. The van der Waals surface area contributed by atoms with Gasteiger partial charge in [-0.2, -0.15) is 5.10 Å². The number of halogens is 1. The molecule has 0 aliphatic heterocycles. The van der Waals surface area contributed by atoms with Gasteiger partial charge in [-0.1, -0.05) is 25.4 Å². The van der Waals surface area contributed by atoms with Gasteiger partial charge in [0.05, 0.1) is 11.9 Å². The summed E-state index contributed by atoms with van der Waals surface area (Å²) >= 11 is 6.01. The number of nitrogens with zero attached hydrogens (tertiary/aromatic N) is 2. The summed E-state index contributed by atoms with van der Waals surface area (Å²) in [4.78, 5) is 11.9. The number of nitrogens with two attached hydrogens (primary N) is 1. The Morgan fingerprint density at radius 2 is 2.18 bits per heavy atom. The molecule has 0 saturated carbocycles. The maximum absolute atomic E-state index is 11.9. The van der Waals surface area contributed by atoms with Crippen molar-refractivity contribution in [3.63, 3.8) is 0 Å². The summed E-state index contributed by atoms with van der Waals surface area (Å²) in [6.07, 6.45) is 1.57. The Hall–Kier alpha value is -1.07. The predicted octanol–water partition coefficient (Wildman–Crippen LogP) is 1.31. The van der Waals surface area contributed by atoms with Gasteiger partial charge >= 0.3 is 0 Å². The van der Waals surface area contributed by atoms with Crippen LogP contribution in [0.2, 0.25) is 5.02 Å². The van der Waals surface area contributed by atoms with Crippen LogP contribution in [0.4, 0.5) is 5.69 Å². The second-order valence-electron chi connectivity index (χ2n) is 4.53. The average Bonchev–Trinajstić information content (AvgIpc) is 2.28. The summed E-state index contributed by atoms with van der Waals surface area (Å²) in [5.74, 6) is 0.345. The topological polar surface area (TPSA) is 72.9 Å². The molecule has 96 valence electrons. The molecular weight excluding hydrogens is 240 g/mol. The fourth-order valence-electron chi connectivity index (χ4n) is 1.37. The molecule has 0 fully saturated rings. The Morgan fingerprint density at radius 1 is 1.53 bits per heavy atom. The molecule has 0 radical (unpaired) electrons. The van der Waals surface area contributed by atoms with E-state index in [0.29, 0.717) is 24.7 Å². The Balaban J connectivity index is 2.98. The lowest BCUT2D eigenvalue weighted by molar-refractivity contribution is 0.464. The molecule has 0 spiro atoms. The van der Waals surface area contributed by atoms with Crippen LogP contribution >= 0.6 is 11.6 Å². The summed E-state index contributed by atoms with van der Waals surface area (Å²) in [6, 6.07) is 0.0506. The Labute approximate surface area is 106 Å². The number of anilines is 1. The molecule has 1 atom stereocenters. The number of nitrogens with one attached hydrogen (secondary N) is 1. The van der Waals surface area contributed by atoms with E-state index in [2.05, 4.69) is 10.4 Å². The zero-order chi connectivity index (χ0) is 13.0. The molecule has 3 N–H and O–H groups in total. The summed E-state index contributed by atoms with van der Waals surface area (Å²) in [6.45, 7) is 6.97. The highest BCUT2D eigenvalue weighted by Gasteiger charge is 2.11. The first kappa shape index (κ1) is 14.0. The maximum Gasteiger partial charge on any atom is 0.287 e. The first-order valence-corrected chi connectivity index (χ1v) is 6.05. The molecule has 1 rings (SSSR count). The first-order valence-electron chi connectivity index (χ1n) is 5.68. The lowest BCUT2D eigenvalue weighted by atomic mass is 10.2. The molecule has 6 heteroatoms. The van der Waals surface area contributed by atoms with E-state index in [0.717, 1.165) is 0 Å². The number of hydrogen-bond donors (Lipinski definition) is 2. The highest BCUT2D eigenvalue weighted by atomic mass is 35.5. The summed E-state index contributed by atoms with van der Waals surface area (Å²) in [5, 5.41) is 7.30. The van der Waals surface area contributed by atoms with Crippen molar-refractivity contribution in [1.29, 1.82) is 0 Å². The van der Waals surface area contributed by atoms with Crippen LogP contribution < -0.4 is 16.6 Å². The van der Waals surface area contributed by atoms with Gasteiger partial charge in [0.2, 0.25) is 0 Å². The molecule has 0 aromatic carbocycles. The zero-order valence-corrected chi connectivity index (χ0v) is 11.2. The molecule has 17 heavy (non-hydrogen) atoms. The van der Waals surface area contributed by atoms with E-state index in [9.17, 15) is 4.79 Å². The Bertz CT molecular complexity index is 430. The van der Waals surface area contributed by atoms with Crippen LogP contribution in [0.3, 0.4) is 0 Å². The molecule has 1 aromatic heterocycles. The van der Waals surface area contributed by atoms with E-state index < -0.39 is 0 Å². The smallest absolute Gasteiger partial charge is 0.287 e. The van der Waals surface area contributed by atoms with Gasteiger partial charge in [0, 0.05) is 19.1 Å². The Morgan fingerprint density at radius 3 is 2.71 bits per heavy atom. The molecule has 0 saturated heterocycles. The highest BCUT2D eigenvalue weighted by molar-refractivity contribution is 6.32. The molecule has 0 aliphatic rings. The van der Waals surface area contributed by atoms with Crippen molar-refractivity contribution in [1.82, 2.24) is 9.78 Å². The first-order chi connectivity index (χ1) is 7.95. The van der Waals surface area contributed by atoms with Gasteiger partial charge in [-0.3, -0.25) is 4.79 Å². The van der Waals surface area contributed by atoms with Gasteiger partial charge in [-0.25, -0.2) is 4.68 Å². The van der Waals surface area contributed by atoms with Crippen LogP contribution in [0, 0.1) is 5.92 Å². The molecule has 0 aliphatic carbocycles. The standard InChI is InChI=1S/C11H19ClN4O/c1-7(2)6-16-11(17)10(12)9(5-14-16)15-8(3)4-13/h5,7-8,15H,4,6,13H2,1-3H3. The number of aromatic nitrogens is 2. The minimum Gasteiger partial charge on any atom is -0.379 e. The molecule has 1 unspecified atom stereocenters. The second kappa shape index (κ2) is 6.02. The van der Waals surface area contributed by atoms with E-state index in [1.807, 2.05) is 20.8 Å². The van der Waals surface area contributed by atoms with Crippen molar-refractivity contribution in [2.24, 2.45) is 11.7 Å². The fraction of sp³-hybridized carbons (Fsp3) is 0.636. The third-order valence-electron chi connectivity index (χ3n) is 2.28. The normalized spacial score (nSPS) is 12.8. The lowest BCUT2D eigenvalue weighted by Crippen LogP contribution is -2.29. The van der Waals surface area contributed by atoms with Crippen molar-refractivity contribution >= 4 is 17.3 Å². The van der Waals surface area contributed by atoms with Crippen LogP contribution in [0.5, 0.6) is 0 Å². The van der Waals surface area contributed by atoms with Crippen LogP contribution in [-0.2, 0) is 6.54 Å². The van der Waals surface area contributed by atoms with E-state index in [1.165, 1.54) is 4.68 Å². The van der Waals surface area contributed by atoms with Crippen LogP contribution in [0.15, 0.2) is 11.0 Å².